The first kappa shape index (κ1) is 19.0. The minimum absolute atomic E-state index is 0.0584. The predicted molar refractivity (Wildman–Crippen MR) is 103 cm³/mol. The van der Waals surface area contributed by atoms with Gasteiger partial charge in [0.2, 0.25) is 5.88 Å². The van der Waals surface area contributed by atoms with Gasteiger partial charge in [-0.15, -0.1) is 0 Å². The number of aromatic nitrogens is 1. The fourth-order valence-corrected chi connectivity index (χ4v) is 3.54. The summed E-state index contributed by atoms with van der Waals surface area (Å²) in [7, 11) is 0. The Bertz CT molecular complexity index is 798. The number of piperidine rings is 1. The van der Waals surface area contributed by atoms with Crippen LogP contribution in [0.3, 0.4) is 0 Å². The van der Waals surface area contributed by atoms with Gasteiger partial charge in [0.15, 0.2) is 0 Å². The third-order valence-electron chi connectivity index (χ3n) is 4.59. The van der Waals surface area contributed by atoms with E-state index in [4.69, 9.17) is 33.7 Å². The van der Waals surface area contributed by atoms with Crippen molar-refractivity contribution >= 4 is 29.1 Å². The molecule has 2 aromatic rings. The molecule has 0 aliphatic carbocycles. The topological polar surface area (TPSA) is 68.5 Å². The lowest BCUT2D eigenvalue weighted by Crippen LogP contribution is -2.45. The summed E-state index contributed by atoms with van der Waals surface area (Å²) < 4.78 is 5.81. The number of halogens is 2. The van der Waals surface area contributed by atoms with Crippen LogP contribution in [0.15, 0.2) is 36.5 Å². The minimum atomic E-state index is -0.108. The van der Waals surface area contributed by atoms with Gasteiger partial charge in [-0.3, -0.25) is 4.79 Å². The second-order valence-corrected chi connectivity index (χ2v) is 7.39. The zero-order valence-corrected chi connectivity index (χ0v) is 16.0. The quantitative estimate of drug-likeness (QED) is 0.836. The lowest BCUT2D eigenvalue weighted by molar-refractivity contribution is 0.0657. The van der Waals surface area contributed by atoms with E-state index in [0.717, 1.165) is 12.8 Å². The molecule has 1 amide bonds. The van der Waals surface area contributed by atoms with Crippen LogP contribution in [0.4, 0.5) is 0 Å². The molecule has 1 aliphatic rings. The van der Waals surface area contributed by atoms with E-state index < -0.39 is 0 Å². The molecule has 0 bridgehead atoms. The summed E-state index contributed by atoms with van der Waals surface area (Å²) in [4.78, 5) is 19.1. The lowest BCUT2D eigenvalue weighted by Gasteiger charge is -2.34. The first-order valence-corrected chi connectivity index (χ1v) is 9.34. The van der Waals surface area contributed by atoms with Crippen LogP contribution in [0.5, 0.6) is 11.6 Å². The van der Waals surface area contributed by atoms with E-state index >= 15 is 0 Å². The highest BCUT2D eigenvalue weighted by Crippen LogP contribution is 2.32. The Balaban J connectivity index is 1.83. The van der Waals surface area contributed by atoms with Crippen LogP contribution in [0.2, 0.25) is 10.0 Å². The number of hydrogen-bond donors (Lipinski definition) is 1. The van der Waals surface area contributed by atoms with Gasteiger partial charge in [0, 0.05) is 30.4 Å². The van der Waals surface area contributed by atoms with Crippen LogP contribution >= 0.6 is 23.2 Å². The van der Waals surface area contributed by atoms with Crippen molar-refractivity contribution in [3.05, 3.63) is 52.1 Å². The van der Waals surface area contributed by atoms with Gasteiger partial charge >= 0.3 is 0 Å². The van der Waals surface area contributed by atoms with Crippen LogP contribution in [-0.4, -0.2) is 34.9 Å². The summed E-state index contributed by atoms with van der Waals surface area (Å²) in [6, 6.07) is 8.40. The lowest BCUT2D eigenvalue weighted by atomic mass is 9.92. The highest BCUT2D eigenvalue weighted by molar-refractivity contribution is 6.35. The van der Waals surface area contributed by atoms with E-state index in [1.165, 1.54) is 0 Å². The Labute approximate surface area is 163 Å². The van der Waals surface area contributed by atoms with Gasteiger partial charge < -0.3 is 15.4 Å². The second kappa shape index (κ2) is 8.25. The van der Waals surface area contributed by atoms with Crippen molar-refractivity contribution in [2.24, 2.45) is 11.7 Å². The molecular weight excluding hydrogens is 373 g/mol. The molecule has 1 aliphatic heterocycles. The molecule has 1 fully saturated rings. The molecule has 26 heavy (non-hydrogen) atoms. The van der Waals surface area contributed by atoms with Crippen molar-refractivity contribution in [2.75, 3.05) is 13.1 Å². The number of likely N-dealkylation sites (tertiary alicyclic amines) is 1. The molecule has 2 N–H and O–H groups in total. The van der Waals surface area contributed by atoms with Gasteiger partial charge in [-0.25, -0.2) is 4.98 Å². The molecule has 7 heteroatoms. The molecule has 1 aromatic heterocycles. The third kappa shape index (κ3) is 4.29. The molecule has 0 radical (unpaired) electrons. The molecule has 1 saturated heterocycles. The van der Waals surface area contributed by atoms with Crippen LogP contribution in [0.25, 0.3) is 0 Å². The zero-order valence-electron chi connectivity index (χ0n) is 14.5. The molecule has 0 unspecified atom stereocenters. The van der Waals surface area contributed by atoms with Crippen LogP contribution in [0, 0.1) is 5.92 Å². The number of rotatable bonds is 4. The normalized spacial score (nSPS) is 18.5. The Morgan fingerprint density at radius 3 is 2.92 bits per heavy atom. The van der Waals surface area contributed by atoms with E-state index in [0.29, 0.717) is 40.4 Å². The Morgan fingerprint density at radius 2 is 2.19 bits per heavy atom. The minimum Gasteiger partial charge on any atom is -0.437 e. The molecule has 1 aromatic carbocycles. The summed E-state index contributed by atoms with van der Waals surface area (Å²) in [5.74, 6) is 0.823. The van der Waals surface area contributed by atoms with Crippen LogP contribution < -0.4 is 10.5 Å². The van der Waals surface area contributed by atoms with Crippen molar-refractivity contribution < 1.29 is 9.53 Å². The molecular formula is C19H21Cl2N3O2. The van der Waals surface area contributed by atoms with E-state index in [9.17, 15) is 4.79 Å². The molecule has 3 rings (SSSR count). The molecule has 2 heterocycles. The van der Waals surface area contributed by atoms with Gasteiger partial charge in [0.1, 0.15) is 11.3 Å². The number of benzene rings is 1. The average Bonchev–Trinajstić information content (AvgIpc) is 2.64. The number of hydrogen-bond acceptors (Lipinski definition) is 4. The smallest absolute Gasteiger partial charge is 0.259 e. The second-order valence-electron chi connectivity index (χ2n) is 6.55. The van der Waals surface area contributed by atoms with Crippen molar-refractivity contribution in [1.82, 2.24) is 9.88 Å². The van der Waals surface area contributed by atoms with Gasteiger partial charge in [0.25, 0.3) is 5.91 Å². The first-order chi connectivity index (χ1) is 12.5. The number of carbonyl (C=O) groups excluding carboxylic acids is 1. The van der Waals surface area contributed by atoms with Gasteiger partial charge in [-0.05, 0) is 56.0 Å². The van der Waals surface area contributed by atoms with Crippen molar-refractivity contribution in [1.29, 1.82) is 0 Å². The Morgan fingerprint density at radius 1 is 1.38 bits per heavy atom. The molecule has 2 atom stereocenters. The average molecular weight is 394 g/mol. The number of nitrogens with zero attached hydrogens (tertiary/aromatic N) is 2. The van der Waals surface area contributed by atoms with Crippen LogP contribution in [-0.2, 0) is 0 Å². The van der Waals surface area contributed by atoms with Gasteiger partial charge in [-0.1, -0.05) is 23.2 Å². The van der Waals surface area contributed by atoms with Gasteiger partial charge in [0.05, 0.1) is 5.02 Å². The molecule has 138 valence electrons. The maximum atomic E-state index is 13.0. The van der Waals surface area contributed by atoms with Gasteiger partial charge in [-0.2, -0.15) is 0 Å². The molecule has 0 spiro atoms. The van der Waals surface area contributed by atoms with Crippen molar-refractivity contribution in [3.63, 3.8) is 0 Å². The summed E-state index contributed by atoms with van der Waals surface area (Å²) in [5, 5.41) is 0.867. The number of ether oxygens (including phenoxy) is 1. The largest absolute Gasteiger partial charge is 0.437 e. The maximum Gasteiger partial charge on any atom is 0.259 e. The summed E-state index contributed by atoms with van der Waals surface area (Å²) in [6.45, 7) is 3.34. The standard InChI is InChI=1S/C19H21Cl2N3O2/c1-12(22)13-4-3-9-24(11-13)19(25)15-5-2-8-23-18(15)26-17-7-6-14(20)10-16(17)21/h2,5-8,10,12-13H,3-4,9,11,22H2,1H3/t12-,13-/m1/s1. The third-order valence-corrected chi connectivity index (χ3v) is 5.12. The Kier molecular flexibility index (Phi) is 6.01. The van der Waals surface area contributed by atoms with E-state index in [2.05, 4.69) is 4.98 Å². The predicted octanol–water partition coefficient (Wildman–Crippen LogP) is 4.38. The molecule has 0 saturated carbocycles. The first-order valence-electron chi connectivity index (χ1n) is 8.58. The number of nitrogens with two attached hydrogens (primary N) is 1. The monoisotopic (exact) mass is 393 g/mol. The maximum absolute atomic E-state index is 13.0. The van der Waals surface area contributed by atoms with E-state index in [1.807, 2.05) is 11.8 Å². The van der Waals surface area contributed by atoms with E-state index in [-0.39, 0.29) is 17.8 Å². The van der Waals surface area contributed by atoms with Crippen LogP contribution in [0.1, 0.15) is 30.1 Å². The summed E-state index contributed by atoms with van der Waals surface area (Å²) in [5.41, 5.74) is 6.43. The zero-order chi connectivity index (χ0) is 18.7. The number of carbonyl (C=O) groups is 1. The number of amides is 1. The fourth-order valence-electron chi connectivity index (χ4n) is 3.09. The Hall–Kier alpha value is -1.82. The highest BCUT2D eigenvalue weighted by atomic mass is 35.5. The summed E-state index contributed by atoms with van der Waals surface area (Å²) >= 11 is 12.1. The van der Waals surface area contributed by atoms with E-state index in [1.54, 1.807) is 36.5 Å². The number of pyridine rings is 1. The van der Waals surface area contributed by atoms with Crippen molar-refractivity contribution in [3.8, 4) is 11.6 Å². The summed E-state index contributed by atoms with van der Waals surface area (Å²) in [6.07, 6.45) is 3.56. The highest BCUT2D eigenvalue weighted by Gasteiger charge is 2.28. The SMILES string of the molecule is C[C@@H](N)[C@@H]1CCCN(C(=O)c2cccnc2Oc2ccc(Cl)cc2Cl)C1. The molecule has 5 nitrogen and oxygen atoms in total. The van der Waals surface area contributed by atoms with Crippen molar-refractivity contribution in [2.45, 2.75) is 25.8 Å². The fraction of sp³-hybridized carbons (Fsp3) is 0.368.